The smallest absolute Gasteiger partial charge is 0.258 e. The average molecular weight is 307 g/mol. The summed E-state index contributed by atoms with van der Waals surface area (Å²) < 4.78 is 1.15. The summed E-state index contributed by atoms with van der Waals surface area (Å²) in [5.41, 5.74) is 3.19. The molecule has 0 spiro atoms. The Kier molecular flexibility index (Phi) is 3.05. The number of para-hydroxylation sites is 1. The highest BCUT2D eigenvalue weighted by atomic mass is 32.1. The number of benzene rings is 2. The van der Waals surface area contributed by atoms with Crippen LogP contribution >= 0.6 is 11.3 Å². The molecule has 0 bridgehead atoms. The van der Waals surface area contributed by atoms with Gasteiger partial charge in [0.05, 0.1) is 10.5 Å². The van der Waals surface area contributed by atoms with E-state index >= 15 is 0 Å². The molecule has 0 saturated carbocycles. The number of fused-ring (bicyclic) bond motifs is 3. The molecule has 22 heavy (non-hydrogen) atoms. The van der Waals surface area contributed by atoms with Crippen LogP contribution in [0.25, 0.3) is 27.3 Å². The fourth-order valence-electron chi connectivity index (χ4n) is 3.07. The Bertz CT molecular complexity index is 924. The van der Waals surface area contributed by atoms with E-state index in [2.05, 4.69) is 18.2 Å². The van der Waals surface area contributed by atoms with Gasteiger partial charge in [0.15, 0.2) is 0 Å². The van der Waals surface area contributed by atoms with E-state index in [1.165, 1.54) is 15.8 Å². The second-order valence-electron chi connectivity index (χ2n) is 5.34. The number of rotatable bonds is 2. The lowest BCUT2D eigenvalue weighted by atomic mass is 9.97. The highest BCUT2D eigenvalue weighted by Crippen LogP contribution is 2.42. The molecule has 4 rings (SSSR count). The molecule has 0 saturated heterocycles. The zero-order valence-corrected chi connectivity index (χ0v) is 12.6. The van der Waals surface area contributed by atoms with E-state index < -0.39 is 0 Å². The highest BCUT2D eigenvalue weighted by Gasteiger charge is 2.20. The predicted octanol–water partition coefficient (Wildman–Crippen LogP) is 5.44. The van der Waals surface area contributed by atoms with Crippen LogP contribution in [0.3, 0.4) is 0 Å². The van der Waals surface area contributed by atoms with Gasteiger partial charge < -0.3 is 0 Å². The van der Waals surface area contributed by atoms with Crippen LogP contribution in [-0.4, -0.2) is 4.92 Å². The summed E-state index contributed by atoms with van der Waals surface area (Å²) in [6.07, 6.45) is 6.48. The summed E-state index contributed by atoms with van der Waals surface area (Å²) in [5.74, 6) is 0. The Morgan fingerprint density at radius 3 is 2.73 bits per heavy atom. The number of nitrogens with zero attached hydrogens (tertiary/aromatic N) is 1. The third kappa shape index (κ3) is 1.96. The minimum atomic E-state index is -0.304. The molecular weight excluding hydrogens is 294 g/mol. The van der Waals surface area contributed by atoms with Gasteiger partial charge in [-0.1, -0.05) is 36.4 Å². The first-order valence-corrected chi connectivity index (χ1v) is 8.02. The van der Waals surface area contributed by atoms with Gasteiger partial charge in [-0.25, -0.2) is 0 Å². The molecule has 0 radical (unpaired) electrons. The lowest BCUT2D eigenvalue weighted by molar-refractivity contribution is -0.384. The zero-order valence-electron chi connectivity index (χ0n) is 11.8. The van der Waals surface area contributed by atoms with Crippen LogP contribution in [0.15, 0.2) is 48.5 Å². The van der Waals surface area contributed by atoms with Crippen LogP contribution in [-0.2, 0) is 6.42 Å². The van der Waals surface area contributed by atoms with E-state index in [-0.39, 0.29) is 10.6 Å². The van der Waals surface area contributed by atoms with E-state index in [1.54, 1.807) is 23.5 Å². The van der Waals surface area contributed by atoms with Gasteiger partial charge in [0.2, 0.25) is 0 Å². The van der Waals surface area contributed by atoms with Crippen molar-refractivity contribution in [1.82, 2.24) is 0 Å². The fraction of sp³-hybridized carbons (Fsp3) is 0.111. The fourth-order valence-corrected chi connectivity index (χ4v) is 4.38. The summed E-state index contributed by atoms with van der Waals surface area (Å²) >= 11 is 1.73. The number of hydrogen-bond donors (Lipinski definition) is 0. The van der Waals surface area contributed by atoms with Gasteiger partial charge >= 0.3 is 0 Å². The average Bonchev–Trinajstić information content (AvgIpc) is 2.93. The van der Waals surface area contributed by atoms with Crippen molar-refractivity contribution in [1.29, 1.82) is 0 Å². The molecule has 4 heteroatoms. The van der Waals surface area contributed by atoms with Gasteiger partial charge in [-0.15, -0.1) is 11.3 Å². The van der Waals surface area contributed by atoms with Crippen LogP contribution < -0.4 is 0 Å². The first kappa shape index (κ1) is 13.2. The van der Waals surface area contributed by atoms with Crippen molar-refractivity contribution in [3.05, 3.63) is 69.1 Å². The highest BCUT2D eigenvalue weighted by molar-refractivity contribution is 7.20. The molecule has 0 unspecified atom stereocenters. The molecule has 0 amide bonds. The Balaban J connectivity index is 2.03. The van der Waals surface area contributed by atoms with Gasteiger partial charge in [0.1, 0.15) is 0 Å². The molecule has 1 aliphatic rings. The van der Waals surface area contributed by atoms with E-state index in [0.29, 0.717) is 5.56 Å². The second-order valence-corrected chi connectivity index (χ2v) is 6.39. The molecule has 0 N–H and O–H groups in total. The SMILES string of the molecule is O=[N+]([O-])c1ccccc1-c1cccc2c3c(sc12)C=CCC3. The predicted molar refractivity (Wildman–Crippen MR) is 91.3 cm³/mol. The van der Waals surface area contributed by atoms with Crippen LogP contribution in [0.2, 0.25) is 0 Å². The van der Waals surface area contributed by atoms with Crippen LogP contribution in [0.1, 0.15) is 16.9 Å². The van der Waals surface area contributed by atoms with E-state index in [0.717, 1.165) is 23.1 Å². The standard InChI is InChI=1S/C18H13NO2S/c20-19(21)16-10-3-1-6-12(16)14-8-5-9-15-13-7-2-4-11-17(13)22-18(14)15/h1,3-6,8-11H,2,7H2. The van der Waals surface area contributed by atoms with E-state index in [9.17, 15) is 10.1 Å². The van der Waals surface area contributed by atoms with Gasteiger partial charge in [0.25, 0.3) is 5.69 Å². The molecule has 108 valence electrons. The lowest BCUT2D eigenvalue weighted by Gasteiger charge is -2.06. The summed E-state index contributed by atoms with van der Waals surface area (Å²) in [6, 6.07) is 13.1. The largest absolute Gasteiger partial charge is 0.277 e. The van der Waals surface area contributed by atoms with Crippen molar-refractivity contribution < 1.29 is 4.92 Å². The quantitative estimate of drug-likeness (QED) is 0.467. The van der Waals surface area contributed by atoms with Gasteiger partial charge in [-0.2, -0.15) is 0 Å². The number of thiophene rings is 1. The summed E-state index contributed by atoms with van der Waals surface area (Å²) in [4.78, 5) is 12.3. The van der Waals surface area contributed by atoms with Crippen molar-refractivity contribution >= 4 is 33.2 Å². The lowest BCUT2D eigenvalue weighted by Crippen LogP contribution is -1.92. The van der Waals surface area contributed by atoms with Gasteiger partial charge in [-0.3, -0.25) is 10.1 Å². The first-order chi connectivity index (χ1) is 10.8. The maximum Gasteiger partial charge on any atom is 0.277 e. The van der Waals surface area contributed by atoms with Crippen LogP contribution in [0, 0.1) is 10.1 Å². The minimum absolute atomic E-state index is 0.164. The molecule has 1 heterocycles. The molecule has 2 aromatic carbocycles. The number of hydrogen-bond acceptors (Lipinski definition) is 3. The third-order valence-corrected chi connectivity index (χ3v) is 5.32. The summed E-state index contributed by atoms with van der Waals surface area (Å²) in [5, 5.41) is 12.6. The van der Waals surface area contributed by atoms with Crippen molar-refractivity contribution in [2.24, 2.45) is 0 Å². The Morgan fingerprint density at radius 2 is 1.86 bits per heavy atom. The monoisotopic (exact) mass is 307 g/mol. The molecule has 1 aliphatic carbocycles. The molecule has 1 aromatic heterocycles. The second kappa shape index (κ2) is 5.07. The summed E-state index contributed by atoms with van der Waals surface area (Å²) in [7, 11) is 0. The minimum Gasteiger partial charge on any atom is -0.258 e. The van der Waals surface area contributed by atoms with Crippen LogP contribution in [0.5, 0.6) is 0 Å². The molecule has 3 aromatic rings. The van der Waals surface area contributed by atoms with Crippen molar-refractivity contribution in [2.45, 2.75) is 12.8 Å². The normalized spacial score (nSPS) is 13.3. The Labute approximate surface area is 131 Å². The topological polar surface area (TPSA) is 43.1 Å². The molecule has 0 aliphatic heterocycles. The number of aryl methyl sites for hydroxylation is 1. The zero-order chi connectivity index (χ0) is 15.1. The molecular formula is C18H13NO2S. The van der Waals surface area contributed by atoms with E-state index in [4.69, 9.17) is 0 Å². The van der Waals surface area contributed by atoms with Gasteiger partial charge in [-0.05, 0) is 35.9 Å². The first-order valence-electron chi connectivity index (χ1n) is 7.20. The van der Waals surface area contributed by atoms with Crippen molar-refractivity contribution in [2.75, 3.05) is 0 Å². The third-order valence-electron chi connectivity index (χ3n) is 4.07. The molecule has 0 atom stereocenters. The van der Waals surface area contributed by atoms with Gasteiger partial charge in [0, 0.05) is 21.2 Å². The molecule has 3 nitrogen and oxygen atoms in total. The number of allylic oxidation sites excluding steroid dienone is 1. The number of nitro benzene ring substituents is 1. The van der Waals surface area contributed by atoms with Crippen molar-refractivity contribution in [3.8, 4) is 11.1 Å². The number of nitro groups is 1. The van der Waals surface area contributed by atoms with Crippen molar-refractivity contribution in [3.63, 3.8) is 0 Å². The van der Waals surface area contributed by atoms with Crippen LogP contribution in [0.4, 0.5) is 5.69 Å². The maximum absolute atomic E-state index is 11.3. The summed E-state index contributed by atoms with van der Waals surface area (Å²) in [6.45, 7) is 0. The maximum atomic E-state index is 11.3. The molecule has 0 fully saturated rings. The Hall–Kier alpha value is -2.46. The Morgan fingerprint density at radius 1 is 1.05 bits per heavy atom. The van der Waals surface area contributed by atoms with E-state index in [1.807, 2.05) is 24.3 Å².